The highest BCUT2D eigenvalue weighted by molar-refractivity contribution is 5.78. The van der Waals surface area contributed by atoms with Gasteiger partial charge in [-0.1, -0.05) is 19.3 Å². The highest BCUT2D eigenvalue weighted by atomic mass is 16.4. The van der Waals surface area contributed by atoms with E-state index in [9.17, 15) is 14.4 Å². The molecule has 0 aromatic heterocycles. The van der Waals surface area contributed by atoms with Crippen molar-refractivity contribution in [2.45, 2.75) is 51.4 Å². The van der Waals surface area contributed by atoms with E-state index in [-0.39, 0.29) is 18.4 Å². The van der Waals surface area contributed by atoms with Gasteiger partial charge in [0.1, 0.15) is 0 Å². The maximum absolute atomic E-state index is 12.4. The van der Waals surface area contributed by atoms with Crippen molar-refractivity contribution in [1.82, 2.24) is 15.1 Å². The third-order valence-electron chi connectivity index (χ3n) is 4.95. The molecule has 0 spiro atoms. The molecular formula is C17H29N3O4. The van der Waals surface area contributed by atoms with Crippen LogP contribution in [0.3, 0.4) is 0 Å². The molecule has 0 aromatic rings. The largest absolute Gasteiger partial charge is 0.481 e. The molecular weight excluding hydrogens is 310 g/mol. The van der Waals surface area contributed by atoms with Crippen LogP contribution >= 0.6 is 0 Å². The second kappa shape index (κ2) is 9.49. The van der Waals surface area contributed by atoms with E-state index in [1.807, 2.05) is 4.90 Å². The Balaban J connectivity index is 1.63. The Morgan fingerprint density at radius 3 is 2.21 bits per heavy atom. The Kier molecular flexibility index (Phi) is 7.34. The zero-order valence-corrected chi connectivity index (χ0v) is 14.3. The number of urea groups is 1. The molecule has 7 nitrogen and oxygen atoms in total. The molecule has 1 saturated carbocycles. The fraction of sp³-hybridized carbons (Fsp3) is 0.824. The summed E-state index contributed by atoms with van der Waals surface area (Å²) in [6.07, 6.45) is 7.27. The van der Waals surface area contributed by atoms with Crippen LogP contribution < -0.4 is 5.32 Å². The number of carbonyl (C=O) groups excluding carboxylic acids is 2. The summed E-state index contributed by atoms with van der Waals surface area (Å²) < 4.78 is 0. The van der Waals surface area contributed by atoms with Gasteiger partial charge in [0.05, 0.1) is 0 Å². The van der Waals surface area contributed by atoms with Gasteiger partial charge in [-0.15, -0.1) is 0 Å². The Morgan fingerprint density at radius 2 is 1.58 bits per heavy atom. The Morgan fingerprint density at radius 1 is 0.958 bits per heavy atom. The topological polar surface area (TPSA) is 89.9 Å². The molecule has 2 aliphatic rings. The number of piperazine rings is 1. The normalized spacial score (nSPS) is 19.2. The number of amides is 3. The SMILES string of the molecule is O=C(O)CCCNC(=O)N1CCN(C(=O)CC2CCCCC2)CC1. The third-order valence-corrected chi connectivity index (χ3v) is 4.95. The fourth-order valence-corrected chi connectivity index (χ4v) is 3.47. The quantitative estimate of drug-likeness (QED) is 0.720. The van der Waals surface area contributed by atoms with Crippen molar-refractivity contribution in [2.75, 3.05) is 32.7 Å². The van der Waals surface area contributed by atoms with Crippen LogP contribution in [0.5, 0.6) is 0 Å². The van der Waals surface area contributed by atoms with Crippen molar-refractivity contribution in [3.63, 3.8) is 0 Å². The minimum absolute atomic E-state index is 0.0593. The highest BCUT2D eigenvalue weighted by Crippen LogP contribution is 2.27. The van der Waals surface area contributed by atoms with Crippen LogP contribution in [-0.2, 0) is 9.59 Å². The van der Waals surface area contributed by atoms with Crippen LogP contribution in [0.15, 0.2) is 0 Å². The summed E-state index contributed by atoms with van der Waals surface area (Å²) in [6.45, 7) is 2.64. The van der Waals surface area contributed by atoms with Crippen LogP contribution in [0, 0.1) is 5.92 Å². The lowest BCUT2D eigenvalue weighted by Crippen LogP contribution is -2.53. The van der Waals surface area contributed by atoms with E-state index in [0.717, 1.165) is 0 Å². The summed E-state index contributed by atoms with van der Waals surface area (Å²) in [5.74, 6) is -0.0837. The number of hydrogen-bond acceptors (Lipinski definition) is 3. The average Bonchev–Trinajstić information content (AvgIpc) is 2.59. The van der Waals surface area contributed by atoms with Crippen LogP contribution in [0.2, 0.25) is 0 Å². The first-order chi connectivity index (χ1) is 11.6. The van der Waals surface area contributed by atoms with Gasteiger partial charge < -0.3 is 20.2 Å². The lowest BCUT2D eigenvalue weighted by molar-refractivity contribution is -0.137. The molecule has 1 heterocycles. The van der Waals surface area contributed by atoms with Crippen molar-refractivity contribution in [2.24, 2.45) is 5.92 Å². The number of rotatable bonds is 6. The van der Waals surface area contributed by atoms with E-state index >= 15 is 0 Å². The minimum Gasteiger partial charge on any atom is -0.481 e. The summed E-state index contributed by atoms with van der Waals surface area (Å²) in [7, 11) is 0. The highest BCUT2D eigenvalue weighted by Gasteiger charge is 2.26. The number of carboxylic acid groups (broad SMARTS) is 1. The average molecular weight is 339 g/mol. The lowest BCUT2D eigenvalue weighted by atomic mass is 9.86. The summed E-state index contributed by atoms with van der Waals surface area (Å²) in [5.41, 5.74) is 0. The molecule has 0 bridgehead atoms. The van der Waals surface area contributed by atoms with Crippen molar-refractivity contribution < 1.29 is 19.5 Å². The Hall–Kier alpha value is -1.79. The molecule has 1 saturated heterocycles. The van der Waals surface area contributed by atoms with Gasteiger partial charge in [-0.2, -0.15) is 0 Å². The zero-order chi connectivity index (χ0) is 17.4. The predicted octanol–water partition coefficient (Wildman–Crippen LogP) is 1.68. The molecule has 2 fully saturated rings. The number of nitrogens with one attached hydrogen (secondary N) is 1. The van der Waals surface area contributed by atoms with E-state index in [1.54, 1.807) is 4.90 Å². The molecule has 2 rings (SSSR count). The molecule has 24 heavy (non-hydrogen) atoms. The molecule has 0 unspecified atom stereocenters. The number of nitrogens with zero attached hydrogens (tertiary/aromatic N) is 2. The van der Waals surface area contributed by atoms with E-state index in [0.29, 0.717) is 51.5 Å². The van der Waals surface area contributed by atoms with E-state index in [1.165, 1.54) is 32.1 Å². The first-order valence-electron chi connectivity index (χ1n) is 9.08. The second-order valence-electron chi connectivity index (χ2n) is 6.81. The number of carboxylic acids is 1. The van der Waals surface area contributed by atoms with Gasteiger partial charge in [-0.3, -0.25) is 9.59 Å². The predicted molar refractivity (Wildman–Crippen MR) is 89.6 cm³/mol. The molecule has 3 amide bonds. The van der Waals surface area contributed by atoms with Crippen LogP contribution in [0.1, 0.15) is 51.4 Å². The molecule has 0 radical (unpaired) electrons. The summed E-state index contributed by atoms with van der Waals surface area (Å²) in [5, 5.41) is 11.3. The standard InChI is InChI=1S/C17H29N3O4/c21-15(13-14-5-2-1-3-6-14)19-9-11-20(12-10-19)17(24)18-8-4-7-16(22)23/h14H,1-13H2,(H,18,24)(H,22,23). The zero-order valence-electron chi connectivity index (χ0n) is 14.3. The van der Waals surface area contributed by atoms with E-state index in [2.05, 4.69) is 5.32 Å². The van der Waals surface area contributed by atoms with E-state index < -0.39 is 5.97 Å². The molecule has 136 valence electrons. The van der Waals surface area contributed by atoms with Crippen molar-refractivity contribution in [3.8, 4) is 0 Å². The second-order valence-corrected chi connectivity index (χ2v) is 6.81. The third kappa shape index (κ3) is 6.02. The minimum atomic E-state index is -0.852. The smallest absolute Gasteiger partial charge is 0.317 e. The monoisotopic (exact) mass is 339 g/mol. The van der Waals surface area contributed by atoms with Gasteiger partial charge >= 0.3 is 12.0 Å². The van der Waals surface area contributed by atoms with Gasteiger partial charge in [0.2, 0.25) is 5.91 Å². The van der Waals surface area contributed by atoms with Gasteiger partial charge in [-0.25, -0.2) is 4.79 Å². The molecule has 7 heteroatoms. The Labute approximate surface area is 143 Å². The van der Waals surface area contributed by atoms with Gasteiger partial charge in [0.25, 0.3) is 0 Å². The number of aliphatic carboxylic acids is 1. The summed E-state index contributed by atoms with van der Waals surface area (Å²) in [4.78, 5) is 38.4. The van der Waals surface area contributed by atoms with E-state index in [4.69, 9.17) is 5.11 Å². The van der Waals surface area contributed by atoms with Gasteiger partial charge in [-0.05, 0) is 25.2 Å². The lowest BCUT2D eigenvalue weighted by Gasteiger charge is -2.35. The maximum atomic E-state index is 12.4. The van der Waals surface area contributed by atoms with Crippen LogP contribution in [-0.4, -0.2) is 65.5 Å². The summed E-state index contributed by atoms with van der Waals surface area (Å²) in [6, 6.07) is -0.167. The maximum Gasteiger partial charge on any atom is 0.317 e. The van der Waals surface area contributed by atoms with Crippen molar-refractivity contribution in [3.05, 3.63) is 0 Å². The van der Waals surface area contributed by atoms with Gasteiger partial charge in [0.15, 0.2) is 0 Å². The van der Waals surface area contributed by atoms with Crippen LogP contribution in [0.25, 0.3) is 0 Å². The first kappa shape index (κ1) is 18.5. The molecule has 1 aliphatic heterocycles. The van der Waals surface area contributed by atoms with Crippen molar-refractivity contribution in [1.29, 1.82) is 0 Å². The first-order valence-corrected chi connectivity index (χ1v) is 9.08. The number of carbonyl (C=O) groups is 3. The fourth-order valence-electron chi connectivity index (χ4n) is 3.47. The molecule has 1 aliphatic carbocycles. The number of hydrogen-bond donors (Lipinski definition) is 2. The van der Waals surface area contributed by atoms with Gasteiger partial charge in [0, 0.05) is 45.6 Å². The Bertz CT molecular complexity index is 441. The molecule has 2 N–H and O–H groups in total. The van der Waals surface area contributed by atoms with Crippen LogP contribution in [0.4, 0.5) is 4.79 Å². The van der Waals surface area contributed by atoms with Crippen molar-refractivity contribution >= 4 is 17.9 Å². The molecule has 0 atom stereocenters. The molecule has 0 aromatic carbocycles. The summed E-state index contributed by atoms with van der Waals surface area (Å²) >= 11 is 0.